The fourth-order valence-corrected chi connectivity index (χ4v) is 2.13. The molecule has 102 valence electrons. The number of aliphatic hydroxyl groups is 1. The molecule has 1 aromatic rings. The molecule has 1 fully saturated rings. The summed E-state index contributed by atoms with van der Waals surface area (Å²) in [7, 11) is 0. The van der Waals surface area contributed by atoms with Crippen molar-refractivity contribution in [3.8, 4) is 0 Å². The van der Waals surface area contributed by atoms with Crippen molar-refractivity contribution in [3.05, 3.63) is 35.4 Å². The molecule has 19 heavy (non-hydrogen) atoms. The Balaban J connectivity index is 2.14. The van der Waals surface area contributed by atoms with Gasteiger partial charge in [-0.25, -0.2) is 0 Å². The Morgan fingerprint density at radius 1 is 1.53 bits per heavy atom. The molecule has 0 bridgehead atoms. The van der Waals surface area contributed by atoms with Crippen LogP contribution in [0.1, 0.15) is 15.9 Å². The van der Waals surface area contributed by atoms with E-state index in [9.17, 15) is 4.79 Å². The second-order valence-corrected chi connectivity index (χ2v) is 4.81. The van der Waals surface area contributed by atoms with Crippen molar-refractivity contribution >= 4 is 23.1 Å². The van der Waals surface area contributed by atoms with Gasteiger partial charge in [-0.1, -0.05) is 24.4 Å². The Morgan fingerprint density at radius 2 is 2.26 bits per heavy atom. The van der Waals surface area contributed by atoms with Crippen LogP contribution in [-0.4, -0.2) is 53.3 Å². The summed E-state index contributed by atoms with van der Waals surface area (Å²) in [6.07, 6.45) is -0.309. The van der Waals surface area contributed by atoms with E-state index < -0.39 is 0 Å². The van der Waals surface area contributed by atoms with Crippen LogP contribution in [-0.2, 0) is 4.74 Å². The first kappa shape index (κ1) is 13.9. The molecule has 2 rings (SSSR count). The van der Waals surface area contributed by atoms with Crippen LogP contribution >= 0.6 is 12.2 Å². The van der Waals surface area contributed by atoms with Crippen LogP contribution in [0.15, 0.2) is 24.3 Å². The van der Waals surface area contributed by atoms with Gasteiger partial charge >= 0.3 is 0 Å². The number of morpholine rings is 1. The van der Waals surface area contributed by atoms with Gasteiger partial charge in [-0.3, -0.25) is 4.79 Å². The Bertz CT molecular complexity index is 493. The standard InChI is InChI=1S/C13H16N2O3S/c14-12(19)9-2-1-3-10(6-9)13(17)15-4-5-18-11(7-15)8-16/h1-3,6,11,16H,4-5,7-8H2,(H2,14,19). The Labute approximate surface area is 117 Å². The maximum absolute atomic E-state index is 12.3. The molecule has 1 atom stereocenters. The third kappa shape index (κ3) is 3.28. The van der Waals surface area contributed by atoms with Gasteiger partial charge in [0, 0.05) is 24.2 Å². The number of ether oxygens (including phenoxy) is 1. The van der Waals surface area contributed by atoms with Crippen molar-refractivity contribution < 1.29 is 14.6 Å². The number of nitrogens with two attached hydrogens (primary N) is 1. The third-order valence-electron chi connectivity index (χ3n) is 3.02. The van der Waals surface area contributed by atoms with Gasteiger partial charge in [-0.2, -0.15) is 0 Å². The van der Waals surface area contributed by atoms with Crippen molar-refractivity contribution in [2.75, 3.05) is 26.3 Å². The molecule has 1 heterocycles. The predicted molar refractivity (Wildman–Crippen MR) is 75.1 cm³/mol. The molecule has 0 spiro atoms. The third-order valence-corrected chi connectivity index (χ3v) is 3.26. The highest BCUT2D eigenvalue weighted by molar-refractivity contribution is 7.80. The van der Waals surface area contributed by atoms with Crippen molar-refractivity contribution in [2.45, 2.75) is 6.10 Å². The average molecular weight is 280 g/mol. The zero-order valence-electron chi connectivity index (χ0n) is 10.4. The van der Waals surface area contributed by atoms with E-state index in [1.807, 2.05) is 0 Å². The minimum Gasteiger partial charge on any atom is -0.394 e. The zero-order valence-corrected chi connectivity index (χ0v) is 11.2. The zero-order chi connectivity index (χ0) is 13.8. The summed E-state index contributed by atoms with van der Waals surface area (Å²) >= 11 is 4.90. The minimum atomic E-state index is -0.309. The fourth-order valence-electron chi connectivity index (χ4n) is 2.00. The first-order valence-electron chi connectivity index (χ1n) is 6.03. The summed E-state index contributed by atoms with van der Waals surface area (Å²) in [4.78, 5) is 14.3. The van der Waals surface area contributed by atoms with Crippen LogP contribution < -0.4 is 5.73 Å². The molecule has 1 saturated heterocycles. The number of benzene rings is 1. The molecule has 0 aromatic heterocycles. The number of nitrogens with zero attached hydrogens (tertiary/aromatic N) is 1. The Kier molecular flexibility index (Phi) is 4.47. The molecule has 1 aliphatic heterocycles. The smallest absolute Gasteiger partial charge is 0.254 e. The lowest BCUT2D eigenvalue weighted by Gasteiger charge is -2.32. The number of amides is 1. The molecule has 0 saturated carbocycles. The van der Waals surface area contributed by atoms with Crippen LogP contribution in [0.2, 0.25) is 0 Å². The second-order valence-electron chi connectivity index (χ2n) is 4.37. The molecule has 1 aromatic carbocycles. The highest BCUT2D eigenvalue weighted by Crippen LogP contribution is 2.12. The molecule has 1 aliphatic rings. The number of hydrogen-bond donors (Lipinski definition) is 2. The number of carbonyl (C=O) groups is 1. The molecule has 0 aliphatic carbocycles. The predicted octanol–water partition coefficient (Wildman–Crippen LogP) is 0.154. The van der Waals surface area contributed by atoms with Crippen molar-refractivity contribution in [2.24, 2.45) is 5.73 Å². The quantitative estimate of drug-likeness (QED) is 0.771. The van der Waals surface area contributed by atoms with E-state index in [1.165, 1.54) is 0 Å². The molecule has 6 heteroatoms. The van der Waals surface area contributed by atoms with Gasteiger partial charge in [-0.15, -0.1) is 0 Å². The first-order chi connectivity index (χ1) is 9.11. The van der Waals surface area contributed by atoms with Gasteiger partial charge in [0.25, 0.3) is 5.91 Å². The van der Waals surface area contributed by atoms with Crippen LogP contribution in [0, 0.1) is 0 Å². The fraction of sp³-hybridized carbons (Fsp3) is 0.385. The molecule has 0 radical (unpaired) electrons. The van der Waals surface area contributed by atoms with E-state index in [4.69, 9.17) is 27.8 Å². The average Bonchev–Trinajstić information content (AvgIpc) is 2.46. The largest absolute Gasteiger partial charge is 0.394 e. The molecule has 1 unspecified atom stereocenters. The monoisotopic (exact) mass is 280 g/mol. The van der Waals surface area contributed by atoms with Gasteiger partial charge < -0.3 is 20.5 Å². The van der Waals surface area contributed by atoms with Crippen molar-refractivity contribution in [1.82, 2.24) is 4.90 Å². The number of hydrogen-bond acceptors (Lipinski definition) is 4. The van der Waals surface area contributed by atoms with E-state index in [1.54, 1.807) is 29.2 Å². The van der Waals surface area contributed by atoms with Crippen LogP contribution in [0.25, 0.3) is 0 Å². The molecular weight excluding hydrogens is 264 g/mol. The molecular formula is C13H16N2O3S. The van der Waals surface area contributed by atoms with Crippen LogP contribution in [0.5, 0.6) is 0 Å². The highest BCUT2D eigenvalue weighted by Gasteiger charge is 2.24. The maximum Gasteiger partial charge on any atom is 0.254 e. The normalized spacial score (nSPS) is 19.2. The summed E-state index contributed by atoms with van der Waals surface area (Å²) in [5, 5.41) is 9.08. The van der Waals surface area contributed by atoms with Crippen molar-refractivity contribution in [1.29, 1.82) is 0 Å². The maximum atomic E-state index is 12.3. The summed E-state index contributed by atoms with van der Waals surface area (Å²) in [6, 6.07) is 6.95. The number of thiocarbonyl (C=S) groups is 1. The summed E-state index contributed by atoms with van der Waals surface area (Å²) in [5.41, 5.74) is 6.78. The Morgan fingerprint density at radius 3 is 2.95 bits per heavy atom. The van der Waals surface area contributed by atoms with Gasteiger partial charge in [0.1, 0.15) is 4.99 Å². The summed E-state index contributed by atoms with van der Waals surface area (Å²) in [5.74, 6) is -0.0974. The SMILES string of the molecule is NC(=S)c1cccc(C(=O)N2CCOC(CO)C2)c1. The molecule has 3 N–H and O–H groups in total. The molecule has 5 nitrogen and oxygen atoms in total. The van der Waals surface area contributed by atoms with Crippen molar-refractivity contribution in [3.63, 3.8) is 0 Å². The lowest BCUT2D eigenvalue weighted by molar-refractivity contribution is -0.0447. The van der Waals surface area contributed by atoms with E-state index in [2.05, 4.69) is 0 Å². The van der Waals surface area contributed by atoms with E-state index in [-0.39, 0.29) is 23.6 Å². The highest BCUT2D eigenvalue weighted by atomic mass is 32.1. The van der Waals surface area contributed by atoms with Gasteiger partial charge in [0.05, 0.1) is 19.3 Å². The lowest BCUT2D eigenvalue weighted by Crippen LogP contribution is -2.46. The van der Waals surface area contributed by atoms with Gasteiger partial charge in [0.2, 0.25) is 0 Å². The number of carbonyl (C=O) groups excluding carboxylic acids is 1. The minimum absolute atomic E-state index is 0.0866. The Hall–Kier alpha value is -1.50. The van der Waals surface area contributed by atoms with E-state index in [0.29, 0.717) is 30.8 Å². The van der Waals surface area contributed by atoms with E-state index in [0.717, 1.165) is 0 Å². The van der Waals surface area contributed by atoms with Gasteiger partial charge in [0.15, 0.2) is 0 Å². The number of aliphatic hydroxyl groups excluding tert-OH is 1. The van der Waals surface area contributed by atoms with E-state index >= 15 is 0 Å². The van der Waals surface area contributed by atoms with Crippen LogP contribution in [0.4, 0.5) is 0 Å². The molecule has 1 amide bonds. The topological polar surface area (TPSA) is 75.8 Å². The summed E-state index contributed by atoms with van der Waals surface area (Å²) < 4.78 is 5.32. The van der Waals surface area contributed by atoms with Crippen LogP contribution in [0.3, 0.4) is 0 Å². The number of rotatable bonds is 3. The lowest BCUT2D eigenvalue weighted by atomic mass is 10.1. The summed E-state index contributed by atoms with van der Waals surface area (Å²) in [6.45, 7) is 1.27. The first-order valence-corrected chi connectivity index (χ1v) is 6.44. The second kappa shape index (κ2) is 6.10. The van der Waals surface area contributed by atoms with Gasteiger partial charge in [-0.05, 0) is 12.1 Å².